The Morgan fingerprint density at radius 3 is 2.50 bits per heavy atom. The van der Waals surface area contributed by atoms with Crippen LogP contribution in [0.1, 0.15) is 19.8 Å². The van der Waals surface area contributed by atoms with Crippen molar-refractivity contribution in [3.8, 4) is 0 Å². The molecule has 0 aliphatic heterocycles. The number of carboxylic acids is 1. The average molecular weight is 191 g/mol. The third-order valence-electron chi connectivity index (χ3n) is 1.35. The van der Waals surface area contributed by atoms with Crippen LogP contribution in [0.3, 0.4) is 0 Å². The fourth-order valence-electron chi connectivity index (χ4n) is 0.747. The zero-order valence-electron chi connectivity index (χ0n) is 7.16. The largest absolute Gasteiger partial charge is 0.480 e. The summed E-state index contributed by atoms with van der Waals surface area (Å²) in [6.07, 6.45) is 2.83. The van der Waals surface area contributed by atoms with Crippen molar-refractivity contribution in [1.82, 2.24) is 5.32 Å². The number of nitrogens with one attached hydrogen (secondary N) is 1. The van der Waals surface area contributed by atoms with Gasteiger partial charge in [-0.25, -0.2) is 4.79 Å². The molecule has 0 saturated heterocycles. The van der Waals surface area contributed by atoms with Crippen LogP contribution in [-0.2, 0) is 4.79 Å². The Morgan fingerprint density at radius 1 is 1.58 bits per heavy atom. The van der Waals surface area contributed by atoms with Crippen LogP contribution in [0.4, 0.5) is 4.79 Å². The predicted molar refractivity (Wildman–Crippen MR) is 48.4 cm³/mol. The molecular weight excluding hydrogens is 178 g/mol. The molecule has 0 aromatic heterocycles. The van der Waals surface area contributed by atoms with E-state index in [1.165, 1.54) is 0 Å². The van der Waals surface area contributed by atoms with Gasteiger partial charge in [0, 0.05) is 0 Å². The lowest BCUT2D eigenvalue weighted by atomic mass is 10.2. The van der Waals surface area contributed by atoms with Gasteiger partial charge in [0.15, 0.2) is 0 Å². The summed E-state index contributed by atoms with van der Waals surface area (Å²) in [7, 11) is 0. The smallest absolute Gasteiger partial charge is 0.326 e. The van der Waals surface area contributed by atoms with E-state index >= 15 is 0 Å². The summed E-state index contributed by atoms with van der Waals surface area (Å²) < 4.78 is 0. The van der Waals surface area contributed by atoms with Crippen molar-refractivity contribution in [2.45, 2.75) is 25.8 Å². The monoisotopic (exact) mass is 191 g/mol. The van der Waals surface area contributed by atoms with E-state index in [1.54, 1.807) is 6.26 Å². The molecule has 0 aliphatic rings. The summed E-state index contributed by atoms with van der Waals surface area (Å²) >= 11 is 0.983. The van der Waals surface area contributed by atoms with Crippen molar-refractivity contribution < 1.29 is 14.7 Å². The Hall–Kier alpha value is -0.710. The Bertz CT molecular complexity index is 170. The normalized spacial score (nSPS) is 12.2. The van der Waals surface area contributed by atoms with E-state index in [-0.39, 0.29) is 5.24 Å². The fraction of sp³-hybridized carbons (Fsp3) is 0.714. The number of carbonyl (C=O) groups is 2. The van der Waals surface area contributed by atoms with Gasteiger partial charge in [0.25, 0.3) is 5.24 Å². The highest BCUT2D eigenvalue weighted by molar-refractivity contribution is 8.12. The first-order valence-electron chi connectivity index (χ1n) is 3.69. The molecule has 12 heavy (non-hydrogen) atoms. The van der Waals surface area contributed by atoms with Gasteiger partial charge in [-0.3, -0.25) is 4.79 Å². The number of carbonyl (C=O) groups excluding carboxylic acids is 1. The molecule has 0 spiro atoms. The Morgan fingerprint density at radius 2 is 2.17 bits per heavy atom. The SMILES string of the molecule is CCCC(NC(=O)SC)C(=O)O. The van der Waals surface area contributed by atoms with Gasteiger partial charge in [-0.1, -0.05) is 25.1 Å². The number of hydrogen-bond donors (Lipinski definition) is 2. The van der Waals surface area contributed by atoms with Crippen LogP contribution in [0, 0.1) is 0 Å². The third-order valence-corrected chi connectivity index (χ3v) is 1.84. The van der Waals surface area contributed by atoms with E-state index in [2.05, 4.69) is 5.32 Å². The number of rotatable bonds is 4. The van der Waals surface area contributed by atoms with Crippen molar-refractivity contribution in [2.24, 2.45) is 0 Å². The van der Waals surface area contributed by atoms with Crippen LogP contribution in [0.5, 0.6) is 0 Å². The van der Waals surface area contributed by atoms with E-state index in [1.807, 2.05) is 6.92 Å². The molecule has 0 heterocycles. The molecule has 0 saturated carbocycles. The average Bonchev–Trinajstić information content (AvgIpc) is 2.03. The number of hydrogen-bond acceptors (Lipinski definition) is 3. The summed E-state index contributed by atoms with van der Waals surface area (Å²) in [5.74, 6) is -0.973. The number of aliphatic carboxylic acids is 1. The summed E-state index contributed by atoms with van der Waals surface area (Å²) in [6.45, 7) is 1.88. The summed E-state index contributed by atoms with van der Waals surface area (Å²) in [4.78, 5) is 21.3. The topological polar surface area (TPSA) is 66.4 Å². The van der Waals surface area contributed by atoms with E-state index in [0.29, 0.717) is 6.42 Å². The first-order chi connectivity index (χ1) is 5.61. The summed E-state index contributed by atoms with van der Waals surface area (Å²) in [5.41, 5.74) is 0. The quantitative estimate of drug-likeness (QED) is 0.703. The van der Waals surface area contributed by atoms with Crippen LogP contribution >= 0.6 is 11.8 Å². The Balaban J connectivity index is 3.95. The van der Waals surface area contributed by atoms with Gasteiger partial charge in [-0.05, 0) is 12.7 Å². The molecule has 0 aromatic carbocycles. The maximum Gasteiger partial charge on any atom is 0.326 e. The van der Waals surface area contributed by atoms with Crippen LogP contribution in [0.15, 0.2) is 0 Å². The van der Waals surface area contributed by atoms with Gasteiger partial charge in [0.05, 0.1) is 0 Å². The van der Waals surface area contributed by atoms with Gasteiger partial charge >= 0.3 is 5.97 Å². The lowest BCUT2D eigenvalue weighted by Gasteiger charge is -2.11. The summed E-state index contributed by atoms with van der Waals surface area (Å²) in [6, 6.07) is -0.741. The van der Waals surface area contributed by atoms with Gasteiger partial charge in [-0.15, -0.1) is 0 Å². The maximum absolute atomic E-state index is 10.8. The van der Waals surface area contributed by atoms with E-state index in [0.717, 1.165) is 18.2 Å². The van der Waals surface area contributed by atoms with E-state index in [4.69, 9.17) is 5.11 Å². The third kappa shape index (κ3) is 4.23. The predicted octanol–water partition coefficient (Wildman–Crippen LogP) is 1.31. The van der Waals surface area contributed by atoms with Gasteiger partial charge in [-0.2, -0.15) is 0 Å². The number of amides is 1. The second-order valence-electron chi connectivity index (χ2n) is 2.32. The molecular formula is C7H13NO3S. The molecule has 2 N–H and O–H groups in total. The van der Waals surface area contributed by atoms with Crippen LogP contribution in [0.25, 0.3) is 0 Å². The first kappa shape index (κ1) is 11.3. The van der Waals surface area contributed by atoms with Crippen LogP contribution < -0.4 is 5.32 Å². The van der Waals surface area contributed by atoms with Crippen molar-refractivity contribution in [3.05, 3.63) is 0 Å². The van der Waals surface area contributed by atoms with Crippen molar-refractivity contribution in [1.29, 1.82) is 0 Å². The molecule has 1 unspecified atom stereocenters. The molecule has 0 aliphatic carbocycles. The molecule has 0 radical (unpaired) electrons. The van der Waals surface area contributed by atoms with Gasteiger partial charge in [0.1, 0.15) is 6.04 Å². The molecule has 0 fully saturated rings. The van der Waals surface area contributed by atoms with Crippen LogP contribution in [0.2, 0.25) is 0 Å². The van der Waals surface area contributed by atoms with Crippen molar-refractivity contribution in [3.63, 3.8) is 0 Å². The number of thioether (sulfide) groups is 1. The maximum atomic E-state index is 10.8. The second kappa shape index (κ2) is 5.88. The zero-order chi connectivity index (χ0) is 9.56. The van der Waals surface area contributed by atoms with Crippen molar-refractivity contribution in [2.75, 3.05) is 6.26 Å². The minimum absolute atomic E-state index is 0.296. The zero-order valence-corrected chi connectivity index (χ0v) is 7.98. The first-order valence-corrected chi connectivity index (χ1v) is 4.91. The highest BCUT2D eigenvalue weighted by atomic mass is 32.2. The molecule has 0 bridgehead atoms. The molecule has 1 amide bonds. The second-order valence-corrected chi connectivity index (χ2v) is 3.09. The summed E-state index contributed by atoms with van der Waals surface area (Å²) in [5, 5.41) is 10.7. The lowest BCUT2D eigenvalue weighted by Crippen LogP contribution is -2.38. The minimum atomic E-state index is -0.973. The lowest BCUT2D eigenvalue weighted by molar-refractivity contribution is -0.139. The molecule has 4 nitrogen and oxygen atoms in total. The molecule has 1 atom stereocenters. The van der Waals surface area contributed by atoms with E-state index < -0.39 is 12.0 Å². The van der Waals surface area contributed by atoms with E-state index in [9.17, 15) is 9.59 Å². The molecule has 5 heteroatoms. The fourth-order valence-corrected chi connectivity index (χ4v) is 1.01. The highest BCUT2D eigenvalue weighted by Gasteiger charge is 2.17. The Kier molecular flexibility index (Phi) is 5.53. The Labute approximate surface area is 75.7 Å². The van der Waals surface area contributed by atoms with Gasteiger partial charge in [0.2, 0.25) is 0 Å². The van der Waals surface area contributed by atoms with Crippen LogP contribution in [-0.4, -0.2) is 28.6 Å². The molecule has 0 rings (SSSR count). The van der Waals surface area contributed by atoms with Gasteiger partial charge < -0.3 is 10.4 Å². The van der Waals surface area contributed by atoms with Crippen molar-refractivity contribution >= 4 is 23.0 Å². The molecule has 70 valence electrons. The highest BCUT2D eigenvalue weighted by Crippen LogP contribution is 2.01. The number of carboxylic acid groups (broad SMARTS) is 1. The molecule has 0 aromatic rings. The minimum Gasteiger partial charge on any atom is -0.480 e. The standard InChI is InChI=1S/C7H13NO3S/c1-3-4-5(6(9)10)8-7(11)12-2/h5H,3-4H2,1-2H3,(H,8,11)(H,9,10).